The summed E-state index contributed by atoms with van der Waals surface area (Å²) in [5.74, 6) is -1.32. The molecule has 0 amide bonds. The molecule has 0 unspecified atom stereocenters. The number of hydrogen-bond acceptors (Lipinski definition) is 3. The van der Waals surface area contributed by atoms with E-state index in [1.807, 2.05) is 6.92 Å². The van der Waals surface area contributed by atoms with Crippen LogP contribution in [0.5, 0.6) is 0 Å². The van der Waals surface area contributed by atoms with Gasteiger partial charge in [0.25, 0.3) is 0 Å². The second kappa shape index (κ2) is 5.57. The van der Waals surface area contributed by atoms with E-state index in [9.17, 15) is 9.59 Å². The molecule has 4 heteroatoms. The standard InChI is InChI=1S/C8H14O4/c1-3-6(4-7(9)10)5-8(11)12-2/h6H,3-5H2,1-2H3,(H,9,10)/t6-/m0/s1. The first-order valence-corrected chi connectivity index (χ1v) is 3.88. The summed E-state index contributed by atoms with van der Waals surface area (Å²) >= 11 is 0. The molecule has 0 radical (unpaired) electrons. The van der Waals surface area contributed by atoms with Crippen molar-refractivity contribution in [2.24, 2.45) is 5.92 Å². The van der Waals surface area contributed by atoms with Gasteiger partial charge in [0.1, 0.15) is 0 Å². The second-order valence-corrected chi connectivity index (χ2v) is 2.65. The quantitative estimate of drug-likeness (QED) is 0.633. The van der Waals surface area contributed by atoms with Crippen LogP contribution in [0.15, 0.2) is 0 Å². The fourth-order valence-corrected chi connectivity index (χ4v) is 0.927. The van der Waals surface area contributed by atoms with E-state index in [-0.39, 0.29) is 24.7 Å². The molecule has 0 aromatic rings. The molecule has 0 saturated heterocycles. The molecular weight excluding hydrogens is 160 g/mol. The van der Waals surface area contributed by atoms with Gasteiger partial charge in [0.2, 0.25) is 0 Å². The summed E-state index contributed by atoms with van der Waals surface area (Å²) in [6.07, 6.45) is 0.909. The van der Waals surface area contributed by atoms with Crippen LogP contribution in [-0.4, -0.2) is 24.2 Å². The lowest BCUT2D eigenvalue weighted by atomic mass is 9.99. The molecule has 0 aliphatic carbocycles. The van der Waals surface area contributed by atoms with Gasteiger partial charge in [-0.25, -0.2) is 0 Å². The Bertz CT molecular complexity index is 164. The predicted octanol–water partition coefficient (Wildman–Crippen LogP) is 1.05. The molecule has 4 nitrogen and oxygen atoms in total. The first-order valence-electron chi connectivity index (χ1n) is 3.88. The number of carboxylic acids is 1. The zero-order valence-corrected chi connectivity index (χ0v) is 7.37. The van der Waals surface area contributed by atoms with Crippen molar-refractivity contribution in [1.82, 2.24) is 0 Å². The topological polar surface area (TPSA) is 63.6 Å². The maximum Gasteiger partial charge on any atom is 0.305 e. The highest BCUT2D eigenvalue weighted by Gasteiger charge is 2.15. The minimum atomic E-state index is -0.870. The summed E-state index contributed by atoms with van der Waals surface area (Å²) < 4.78 is 4.43. The highest BCUT2D eigenvalue weighted by molar-refractivity contribution is 5.72. The Kier molecular flexibility index (Phi) is 5.08. The molecule has 0 bridgehead atoms. The summed E-state index contributed by atoms with van der Waals surface area (Å²) in [5, 5.41) is 8.45. The monoisotopic (exact) mass is 174 g/mol. The van der Waals surface area contributed by atoms with E-state index in [0.29, 0.717) is 6.42 Å². The fraction of sp³-hybridized carbons (Fsp3) is 0.750. The smallest absolute Gasteiger partial charge is 0.305 e. The molecule has 0 aromatic heterocycles. The van der Waals surface area contributed by atoms with Crippen molar-refractivity contribution in [3.8, 4) is 0 Å². The van der Waals surface area contributed by atoms with Gasteiger partial charge in [-0.1, -0.05) is 13.3 Å². The van der Waals surface area contributed by atoms with E-state index in [1.165, 1.54) is 7.11 Å². The maximum absolute atomic E-state index is 10.7. The van der Waals surface area contributed by atoms with Crippen LogP contribution in [0.25, 0.3) is 0 Å². The number of methoxy groups -OCH3 is 1. The molecule has 1 N–H and O–H groups in total. The van der Waals surface area contributed by atoms with E-state index >= 15 is 0 Å². The van der Waals surface area contributed by atoms with Crippen LogP contribution in [0, 0.1) is 5.92 Å². The number of hydrogen-bond donors (Lipinski definition) is 1. The number of carboxylic acid groups (broad SMARTS) is 1. The summed E-state index contributed by atoms with van der Waals surface area (Å²) in [6.45, 7) is 1.86. The molecule has 0 spiro atoms. The Morgan fingerprint density at radius 2 is 2.00 bits per heavy atom. The van der Waals surface area contributed by atoms with Gasteiger partial charge < -0.3 is 9.84 Å². The SMILES string of the molecule is CC[C@@H](CC(=O)O)CC(=O)OC. The van der Waals surface area contributed by atoms with E-state index in [1.54, 1.807) is 0 Å². The van der Waals surface area contributed by atoms with Crippen molar-refractivity contribution in [3.63, 3.8) is 0 Å². The van der Waals surface area contributed by atoms with Gasteiger partial charge in [0.15, 0.2) is 0 Å². The van der Waals surface area contributed by atoms with Gasteiger partial charge in [-0.05, 0) is 5.92 Å². The van der Waals surface area contributed by atoms with Crippen molar-refractivity contribution >= 4 is 11.9 Å². The van der Waals surface area contributed by atoms with Crippen LogP contribution in [0.3, 0.4) is 0 Å². The van der Waals surface area contributed by atoms with Crippen molar-refractivity contribution in [2.45, 2.75) is 26.2 Å². The number of carbonyl (C=O) groups excluding carboxylic acids is 1. The molecule has 0 fully saturated rings. The third kappa shape index (κ3) is 4.71. The van der Waals surface area contributed by atoms with E-state index < -0.39 is 5.97 Å². The van der Waals surface area contributed by atoms with E-state index in [0.717, 1.165) is 0 Å². The Morgan fingerprint density at radius 3 is 2.33 bits per heavy atom. The molecule has 0 heterocycles. The largest absolute Gasteiger partial charge is 0.481 e. The molecule has 0 aromatic carbocycles. The molecule has 0 aliphatic rings. The van der Waals surface area contributed by atoms with Crippen molar-refractivity contribution in [1.29, 1.82) is 0 Å². The lowest BCUT2D eigenvalue weighted by Gasteiger charge is -2.09. The highest BCUT2D eigenvalue weighted by Crippen LogP contribution is 2.13. The minimum absolute atomic E-state index is 0.0333. The normalized spacial score (nSPS) is 12.2. The summed E-state index contributed by atoms with van der Waals surface area (Å²) in [5.41, 5.74) is 0. The van der Waals surface area contributed by atoms with Crippen molar-refractivity contribution in [3.05, 3.63) is 0 Å². The molecule has 70 valence electrons. The molecule has 1 atom stereocenters. The molecule has 0 saturated carbocycles. The van der Waals surface area contributed by atoms with E-state index in [2.05, 4.69) is 4.74 Å². The number of esters is 1. The van der Waals surface area contributed by atoms with Gasteiger partial charge in [0.05, 0.1) is 7.11 Å². The Hall–Kier alpha value is -1.06. The summed E-state index contributed by atoms with van der Waals surface area (Å²) in [4.78, 5) is 21.0. The fourth-order valence-electron chi connectivity index (χ4n) is 0.927. The highest BCUT2D eigenvalue weighted by atomic mass is 16.5. The first-order chi connectivity index (χ1) is 5.60. The van der Waals surface area contributed by atoms with Crippen molar-refractivity contribution < 1.29 is 19.4 Å². The van der Waals surface area contributed by atoms with Gasteiger partial charge in [-0.15, -0.1) is 0 Å². The summed E-state index contributed by atoms with van der Waals surface area (Å²) in [7, 11) is 1.30. The maximum atomic E-state index is 10.7. The van der Waals surface area contributed by atoms with Crippen LogP contribution < -0.4 is 0 Å². The van der Waals surface area contributed by atoms with Crippen LogP contribution in [0.1, 0.15) is 26.2 Å². The molecule has 0 rings (SSSR count). The average Bonchev–Trinajstić information content (AvgIpc) is 2.02. The number of ether oxygens (including phenoxy) is 1. The number of carbonyl (C=O) groups is 2. The van der Waals surface area contributed by atoms with Gasteiger partial charge in [0, 0.05) is 12.8 Å². The first kappa shape index (κ1) is 10.9. The van der Waals surface area contributed by atoms with Crippen LogP contribution in [0.4, 0.5) is 0 Å². The zero-order chi connectivity index (χ0) is 9.56. The molecule has 12 heavy (non-hydrogen) atoms. The minimum Gasteiger partial charge on any atom is -0.481 e. The Balaban J connectivity index is 3.82. The van der Waals surface area contributed by atoms with Crippen LogP contribution in [-0.2, 0) is 14.3 Å². The molecule has 0 aliphatic heterocycles. The van der Waals surface area contributed by atoms with Gasteiger partial charge in [-0.3, -0.25) is 9.59 Å². The number of aliphatic carboxylic acids is 1. The second-order valence-electron chi connectivity index (χ2n) is 2.65. The third-order valence-electron chi connectivity index (χ3n) is 1.72. The van der Waals surface area contributed by atoms with Crippen molar-refractivity contribution in [2.75, 3.05) is 7.11 Å². The summed E-state index contributed by atoms with van der Waals surface area (Å²) in [6, 6.07) is 0. The van der Waals surface area contributed by atoms with Crippen LogP contribution >= 0.6 is 0 Å². The van der Waals surface area contributed by atoms with Crippen LogP contribution in [0.2, 0.25) is 0 Å². The Morgan fingerprint density at radius 1 is 1.42 bits per heavy atom. The third-order valence-corrected chi connectivity index (χ3v) is 1.72. The van der Waals surface area contributed by atoms with Gasteiger partial charge in [-0.2, -0.15) is 0 Å². The van der Waals surface area contributed by atoms with E-state index in [4.69, 9.17) is 5.11 Å². The lowest BCUT2D eigenvalue weighted by Crippen LogP contribution is -2.13. The average molecular weight is 174 g/mol. The zero-order valence-electron chi connectivity index (χ0n) is 7.37. The number of rotatable bonds is 5. The Labute approximate surface area is 71.5 Å². The lowest BCUT2D eigenvalue weighted by molar-refractivity contribution is -0.143. The predicted molar refractivity (Wildman–Crippen MR) is 42.7 cm³/mol. The van der Waals surface area contributed by atoms with Gasteiger partial charge >= 0.3 is 11.9 Å². The molecular formula is C8H14O4.